The predicted octanol–water partition coefficient (Wildman–Crippen LogP) is 4.20. The summed E-state index contributed by atoms with van der Waals surface area (Å²) in [5.74, 6) is -3.36. The quantitative estimate of drug-likeness (QED) is 0.299. The number of nitrogens with zero attached hydrogens (tertiary/aromatic N) is 2. The van der Waals surface area contributed by atoms with Crippen molar-refractivity contribution in [2.75, 3.05) is 43.2 Å². The number of carbonyl (C=O) groups excluding carboxylic acids is 4. The van der Waals surface area contributed by atoms with Crippen LogP contribution in [0, 0.1) is 17.8 Å². The number of phenolic OH excluding ortho intramolecular Hbond substituents is 1. The van der Waals surface area contributed by atoms with E-state index in [1.807, 2.05) is 18.2 Å². The highest BCUT2D eigenvalue weighted by Gasteiger charge is 2.57. The first-order valence-electron chi connectivity index (χ1n) is 14.3. The Morgan fingerprint density at radius 3 is 2.37 bits per heavy atom. The molecule has 2 aromatic rings. The number of halogens is 1. The summed E-state index contributed by atoms with van der Waals surface area (Å²) in [4.78, 5) is 58.3. The molecule has 2 heterocycles. The Kier molecular flexibility index (Phi) is 6.85. The first kappa shape index (κ1) is 27.8. The van der Waals surface area contributed by atoms with Crippen LogP contribution in [0.1, 0.15) is 24.3 Å². The van der Waals surface area contributed by atoms with Crippen LogP contribution in [-0.4, -0.2) is 61.9 Å². The number of hydrogen-bond acceptors (Lipinski definition) is 8. The molecule has 2 amide bonds. The molecule has 1 N–H and O–H groups in total. The van der Waals surface area contributed by atoms with E-state index in [0.717, 1.165) is 24.4 Å². The van der Waals surface area contributed by atoms with Crippen molar-refractivity contribution in [1.29, 1.82) is 0 Å². The van der Waals surface area contributed by atoms with E-state index in [2.05, 4.69) is 20.8 Å². The number of phenols is 1. The van der Waals surface area contributed by atoms with E-state index in [4.69, 9.17) is 9.47 Å². The van der Waals surface area contributed by atoms with E-state index in [9.17, 15) is 24.3 Å². The number of anilines is 2. The topological polar surface area (TPSA) is 113 Å². The Hall–Kier alpha value is -4.02. The van der Waals surface area contributed by atoms with E-state index in [1.165, 1.54) is 24.2 Å². The lowest BCUT2D eigenvalue weighted by atomic mass is 9.59. The number of imide groups is 1. The van der Waals surface area contributed by atoms with Gasteiger partial charge in [0.05, 0.1) is 42.3 Å². The van der Waals surface area contributed by atoms with E-state index < -0.39 is 23.7 Å². The lowest BCUT2D eigenvalue weighted by molar-refractivity contribution is -0.123. The molecule has 0 spiro atoms. The Labute approximate surface area is 256 Å². The molecular formula is C33H29BrN2O7. The summed E-state index contributed by atoms with van der Waals surface area (Å²) in [5, 5.41) is 11.1. The third kappa shape index (κ3) is 4.38. The van der Waals surface area contributed by atoms with Gasteiger partial charge in [0.15, 0.2) is 11.6 Å². The molecule has 10 heteroatoms. The summed E-state index contributed by atoms with van der Waals surface area (Å²) in [6.45, 7) is 2.85. The number of hydrogen-bond donors (Lipinski definition) is 1. The number of amides is 2. The summed E-state index contributed by atoms with van der Waals surface area (Å²) >= 11 is 3.24. The van der Waals surface area contributed by atoms with Gasteiger partial charge in [-0.2, -0.15) is 0 Å². The summed E-state index contributed by atoms with van der Waals surface area (Å²) in [5.41, 5.74) is 3.36. The van der Waals surface area contributed by atoms with Crippen molar-refractivity contribution in [2.24, 2.45) is 17.8 Å². The van der Waals surface area contributed by atoms with Gasteiger partial charge in [0.25, 0.3) is 0 Å². The van der Waals surface area contributed by atoms with Crippen LogP contribution in [0.25, 0.3) is 0 Å². The van der Waals surface area contributed by atoms with Crippen LogP contribution >= 0.6 is 15.9 Å². The third-order valence-electron chi connectivity index (χ3n) is 9.36. The number of Topliss-reactive ketones (excluding diaryl/α,β-unsaturated/α-hetero) is 1. The molecule has 0 radical (unpaired) electrons. The highest BCUT2D eigenvalue weighted by molar-refractivity contribution is 9.12. The minimum Gasteiger partial charge on any atom is -0.507 e. The number of ether oxygens (including phenoxy) is 2. The smallest absolute Gasteiger partial charge is 0.238 e. The molecule has 7 rings (SSSR count). The number of benzene rings is 2. The van der Waals surface area contributed by atoms with Crippen LogP contribution in [0.2, 0.25) is 0 Å². The number of fused-ring (bicyclic) bond motifs is 3. The van der Waals surface area contributed by atoms with Crippen LogP contribution < -0.4 is 14.5 Å². The summed E-state index contributed by atoms with van der Waals surface area (Å²) in [6.07, 6.45) is 3.69. The Morgan fingerprint density at radius 2 is 1.67 bits per heavy atom. The van der Waals surface area contributed by atoms with Gasteiger partial charge in [-0.1, -0.05) is 17.7 Å². The molecule has 2 fully saturated rings. The minimum atomic E-state index is -0.737. The highest BCUT2D eigenvalue weighted by atomic mass is 79.9. The van der Waals surface area contributed by atoms with Gasteiger partial charge < -0.3 is 19.5 Å². The summed E-state index contributed by atoms with van der Waals surface area (Å²) < 4.78 is 10.9. The normalized spacial score (nSPS) is 27.0. The molecule has 2 aliphatic heterocycles. The molecule has 2 saturated heterocycles. The summed E-state index contributed by atoms with van der Waals surface area (Å²) in [6, 6.07) is 12.3. The molecule has 43 heavy (non-hydrogen) atoms. The molecule has 2 aromatic carbocycles. The zero-order chi connectivity index (χ0) is 30.0. The van der Waals surface area contributed by atoms with Crippen molar-refractivity contribution < 1.29 is 33.8 Å². The molecule has 0 saturated carbocycles. The van der Waals surface area contributed by atoms with Gasteiger partial charge in [-0.05, 0) is 65.0 Å². The molecule has 3 aliphatic carbocycles. The zero-order valence-corrected chi connectivity index (χ0v) is 25.0. The fourth-order valence-electron chi connectivity index (χ4n) is 7.35. The molecule has 0 aromatic heterocycles. The largest absolute Gasteiger partial charge is 0.507 e. The van der Waals surface area contributed by atoms with E-state index in [1.54, 1.807) is 24.3 Å². The van der Waals surface area contributed by atoms with Crippen LogP contribution in [0.3, 0.4) is 0 Å². The number of methoxy groups -OCH3 is 1. The number of morpholine rings is 1. The van der Waals surface area contributed by atoms with E-state index in [-0.39, 0.29) is 40.0 Å². The molecule has 9 nitrogen and oxygen atoms in total. The highest BCUT2D eigenvalue weighted by Crippen LogP contribution is 2.56. The number of aromatic hydroxyl groups is 1. The number of ketones is 2. The second-order valence-corrected chi connectivity index (χ2v) is 12.3. The predicted molar refractivity (Wildman–Crippen MR) is 161 cm³/mol. The number of rotatable bonds is 4. The molecule has 0 bridgehead atoms. The standard InChI is InChI=1S/C33H29BrN2O7/c1-42-19-6-7-21(26(37)14-19)28-20-8-9-22-29(23(20)15-24-30(28)27(38)16-25(34)31(24)39)33(41)36(32(22)40)18-4-2-17(3-5-18)35-10-12-43-13-11-35/h2-8,14,16,22-23,28-29,37H,9-13,15H2,1H3. The third-order valence-corrected chi connectivity index (χ3v) is 9.95. The Balaban J connectivity index is 1.27. The van der Waals surface area contributed by atoms with Gasteiger partial charge in [-0.15, -0.1) is 0 Å². The van der Waals surface area contributed by atoms with Crippen LogP contribution in [0.15, 0.2) is 75.8 Å². The van der Waals surface area contributed by atoms with Gasteiger partial charge in [-0.3, -0.25) is 24.1 Å². The van der Waals surface area contributed by atoms with Crippen molar-refractivity contribution in [1.82, 2.24) is 0 Å². The lowest BCUT2D eigenvalue weighted by Crippen LogP contribution is -2.39. The lowest BCUT2D eigenvalue weighted by Gasteiger charge is -2.42. The van der Waals surface area contributed by atoms with E-state index in [0.29, 0.717) is 47.8 Å². The summed E-state index contributed by atoms with van der Waals surface area (Å²) in [7, 11) is 1.49. The fraction of sp³-hybridized carbons (Fsp3) is 0.333. The molecule has 4 unspecified atom stereocenters. The second kappa shape index (κ2) is 10.6. The van der Waals surface area contributed by atoms with Crippen LogP contribution in [-0.2, 0) is 23.9 Å². The average molecular weight is 646 g/mol. The SMILES string of the molecule is COc1ccc(C2C3=CCC4C(=O)N(c5ccc(N6CCOCC6)cc5)C(=O)C4C3CC3=C2C(=O)C=C(Br)C3=O)c(O)c1. The van der Waals surface area contributed by atoms with Gasteiger partial charge in [-0.25, -0.2) is 0 Å². The van der Waals surface area contributed by atoms with Crippen molar-refractivity contribution in [3.63, 3.8) is 0 Å². The van der Waals surface area contributed by atoms with Crippen molar-refractivity contribution >= 4 is 50.7 Å². The maximum Gasteiger partial charge on any atom is 0.238 e. The average Bonchev–Trinajstić information content (AvgIpc) is 3.28. The van der Waals surface area contributed by atoms with Crippen molar-refractivity contribution in [3.05, 3.63) is 81.4 Å². The number of allylic oxidation sites excluding steroid dienone is 6. The van der Waals surface area contributed by atoms with E-state index >= 15 is 0 Å². The van der Waals surface area contributed by atoms with Crippen molar-refractivity contribution in [2.45, 2.75) is 18.8 Å². The maximum atomic E-state index is 14.2. The second-order valence-electron chi connectivity index (χ2n) is 11.4. The molecular weight excluding hydrogens is 616 g/mol. The maximum absolute atomic E-state index is 14.2. The first-order valence-corrected chi connectivity index (χ1v) is 15.1. The molecule has 4 atom stereocenters. The first-order chi connectivity index (χ1) is 20.8. The van der Waals surface area contributed by atoms with Crippen LogP contribution in [0.5, 0.6) is 11.5 Å². The van der Waals surface area contributed by atoms with Gasteiger partial charge in [0.1, 0.15) is 11.5 Å². The molecule has 220 valence electrons. The number of carbonyl (C=O) groups is 4. The Morgan fingerprint density at radius 1 is 0.953 bits per heavy atom. The van der Waals surface area contributed by atoms with Gasteiger partial charge in [0, 0.05) is 53.5 Å². The monoisotopic (exact) mass is 644 g/mol. The van der Waals surface area contributed by atoms with Gasteiger partial charge in [0.2, 0.25) is 11.8 Å². The molecule has 5 aliphatic rings. The Bertz CT molecular complexity index is 1670. The zero-order valence-electron chi connectivity index (χ0n) is 23.4. The minimum absolute atomic E-state index is 0.0791. The van der Waals surface area contributed by atoms with Gasteiger partial charge >= 0.3 is 0 Å². The van der Waals surface area contributed by atoms with Crippen LogP contribution in [0.4, 0.5) is 11.4 Å². The van der Waals surface area contributed by atoms with Crippen molar-refractivity contribution in [3.8, 4) is 11.5 Å². The fourth-order valence-corrected chi connectivity index (χ4v) is 7.79.